The number of hydrogen-bond donors (Lipinski definition) is 1. The highest BCUT2D eigenvalue weighted by Crippen LogP contribution is 2.36. The van der Waals surface area contributed by atoms with Crippen molar-refractivity contribution in [3.63, 3.8) is 0 Å². The van der Waals surface area contributed by atoms with Gasteiger partial charge in [0.05, 0.1) is 43.4 Å². The van der Waals surface area contributed by atoms with E-state index in [2.05, 4.69) is 26.3 Å². The van der Waals surface area contributed by atoms with Crippen LogP contribution in [0, 0.1) is 0 Å². The van der Waals surface area contributed by atoms with Crippen molar-refractivity contribution in [3.8, 4) is 22.8 Å². The lowest BCUT2D eigenvalue weighted by Crippen LogP contribution is -2.48. The molecule has 0 bridgehead atoms. The first-order valence-corrected chi connectivity index (χ1v) is 11.1. The number of halogens is 1. The number of amides is 1. The minimum Gasteiger partial charge on any atom is -0.496 e. The smallest absolute Gasteiger partial charge is 0.238 e. The van der Waals surface area contributed by atoms with E-state index in [1.54, 1.807) is 25.1 Å². The van der Waals surface area contributed by atoms with Gasteiger partial charge >= 0.3 is 0 Å². The number of rotatable bonds is 7. The second-order valence-corrected chi connectivity index (χ2v) is 8.27. The van der Waals surface area contributed by atoms with E-state index in [0.29, 0.717) is 23.0 Å². The zero-order chi connectivity index (χ0) is 23.4. The van der Waals surface area contributed by atoms with Crippen LogP contribution in [0.3, 0.4) is 0 Å². The summed E-state index contributed by atoms with van der Waals surface area (Å²) in [5.41, 5.74) is 3.27. The molecular weight excluding hydrogens is 442 g/mol. The highest BCUT2D eigenvalue weighted by molar-refractivity contribution is 6.33. The van der Waals surface area contributed by atoms with Crippen LogP contribution in [-0.2, 0) is 11.8 Å². The third kappa shape index (κ3) is 5.07. The molecule has 1 aliphatic heterocycles. The van der Waals surface area contributed by atoms with Gasteiger partial charge < -0.3 is 19.7 Å². The first kappa shape index (κ1) is 22.9. The standard InChI is InChI=1S/C24H28ClN5O3/c1-28-24(19(25)15-26-28)18-14-17(8-9-21(18)32-2)27-23(31)16-29-10-12-30(13-11-29)20-6-4-5-7-22(20)33-3/h4-9,14-15H,10-13,16H2,1-3H3,(H,27,31). The van der Waals surface area contributed by atoms with Gasteiger partial charge in [0, 0.05) is 44.5 Å². The summed E-state index contributed by atoms with van der Waals surface area (Å²) in [4.78, 5) is 17.2. The van der Waals surface area contributed by atoms with E-state index < -0.39 is 0 Å². The molecule has 2 heterocycles. The Morgan fingerprint density at radius 2 is 1.79 bits per heavy atom. The van der Waals surface area contributed by atoms with Crippen LogP contribution in [-0.4, -0.2) is 67.5 Å². The number of nitrogens with one attached hydrogen (secondary N) is 1. The SMILES string of the molecule is COc1ccc(NC(=O)CN2CCN(c3ccccc3OC)CC2)cc1-c1c(Cl)cnn1C. The van der Waals surface area contributed by atoms with Crippen molar-refractivity contribution in [2.75, 3.05) is 57.2 Å². The molecule has 1 aliphatic rings. The van der Waals surface area contributed by atoms with Gasteiger partial charge in [0.1, 0.15) is 11.5 Å². The van der Waals surface area contributed by atoms with Crippen molar-refractivity contribution in [1.29, 1.82) is 0 Å². The number of carbonyl (C=O) groups excluding carboxylic acids is 1. The molecule has 0 aliphatic carbocycles. The summed E-state index contributed by atoms with van der Waals surface area (Å²) in [6, 6.07) is 13.5. The number of carbonyl (C=O) groups is 1. The van der Waals surface area contributed by atoms with Crippen molar-refractivity contribution < 1.29 is 14.3 Å². The van der Waals surface area contributed by atoms with Crippen LogP contribution >= 0.6 is 11.6 Å². The van der Waals surface area contributed by atoms with Crippen molar-refractivity contribution in [1.82, 2.24) is 14.7 Å². The maximum absolute atomic E-state index is 12.8. The summed E-state index contributed by atoms with van der Waals surface area (Å²) in [6.07, 6.45) is 1.59. The minimum atomic E-state index is -0.0621. The molecule has 1 N–H and O–H groups in total. The highest BCUT2D eigenvalue weighted by atomic mass is 35.5. The fourth-order valence-corrected chi connectivity index (χ4v) is 4.39. The van der Waals surface area contributed by atoms with E-state index in [0.717, 1.165) is 48.9 Å². The summed E-state index contributed by atoms with van der Waals surface area (Å²) in [5, 5.41) is 7.72. The largest absolute Gasteiger partial charge is 0.496 e. The average molecular weight is 470 g/mol. The van der Waals surface area contributed by atoms with Gasteiger partial charge in [-0.2, -0.15) is 5.10 Å². The van der Waals surface area contributed by atoms with E-state index in [-0.39, 0.29) is 5.91 Å². The molecule has 8 nitrogen and oxygen atoms in total. The Bertz CT molecular complexity index is 1110. The zero-order valence-electron chi connectivity index (χ0n) is 19.0. The monoisotopic (exact) mass is 469 g/mol. The molecule has 0 spiro atoms. The van der Waals surface area contributed by atoms with E-state index >= 15 is 0 Å². The molecule has 1 saturated heterocycles. The number of aromatic nitrogens is 2. The maximum Gasteiger partial charge on any atom is 0.238 e. The predicted molar refractivity (Wildman–Crippen MR) is 130 cm³/mol. The number of hydrogen-bond acceptors (Lipinski definition) is 6. The second-order valence-electron chi connectivity index (χ2n) is 7.86. The number of para-hydroxylation sites is 2. The first-order chi connectivity index (χ1) is 16.0. The highest BCUT2D eigenvalue weighted by Gasteiger charge is 2.21. The Balaban J connectivity index is 1.38. The van der Waals surface area contributed by atoms with Gasteiger partial charge in [-0.15, -0.1) is 0 Å². The van der Waals surface area contributed by atoms with Crippen molar-refractivity contribution in [3.05, 3.63) is 53.7 Å². The van der Waals surface area contributed by atoms with Gasteiger partial charge in [-0.3, -0.25) is 14.4 Å². The molecule has 174 valence electrons. The Hall–Kier alpha value is -3.23. The molecule has 4 rings (SSSR count). The lowest BCUT2D eigenvalue weighted by molar-refractivity contribution is -0.117. The molecular formula is C24H28ClN5O3. The minimum absolute atomic E-state index is 0.0621. The molecule has 33 heavy (non-hydrogen) atoms. The molecule has 0 atom stereocenters. The quantitative estimate of drug-likeness (QED) is 0.571. The molecule has 0 radical (unpaired) electrons. The second kappa shape index (κ2) is 10.1. The van der Waals surface area contributed by atoms with Gasteiger partial charge in [-0.1, -0.05) is 23.7 Å². The van der Waals surface area contributed by atoms with Crippen molar-refractivity contribution in [2.24, 2.45) is 7.05 Å². The summed E-state index contributed by atoms with van der Waals surface area (Å²) in [7, 11) is 5.11. The number of aryl methyl sites for hydroxylation is 1. The Labute approximate surface area is 198 Å². The Morgan fingerprint density at radius 3 is 2.45 bits per heavy atom. The van der Waals surface area contributed by atoms with Gasteiger partial charge in [0.15, 0.2) is 0 Å². The summed E-state index contributed by atoms with van der Waals surface area (Å²) >= 11 is 6.33. The van der Waals surface area contributed by atoms with E-state index in [1.165, 1.54) is 0 Å². The topological polar surface area (TPSA) is 71.9 Å². The fraction of sp³-hybridized carbons (Fsp3) is 0.333. The van der Waals surface area contributed by atoms with Crippen LogP contribution in [0.1, 0.15) is 0 Å². The number of methoxy groups -OCH3 is 2. The molecule has 9 heteroatoms. The summed E-state index contributed by atoms with van der Waals surface area (Å²) < 4.78 is 12.7. The van der Waals surface area contributed by atoms with E-state index in [9.17, 15) is 4.79 Å². The number of ether oxygens (including phenoxy) is 2. The summed E-state index contributed by atoms with van der Waals surface area (Å²) in [6.45, 7) is 3.58. The molecule has 2 aromatic carbocycles. The van der Waals surface area contributed by atoms with Crippen LogP contribution < -0.4 is 19.7 Å². The summed E-state index contributed by atoms with van der Waals surface area (Å²) in [5.74, 6) is 1.46. The maximum atomic E-state index is 12.8. The normalized spacial score (nSPS) is 14.2. The van der Waals surface area contributed by atoms with Gasteiger partial charge in [0.25, 0.3) is 0 Å². The van der Waals surface area contributed by atoms with Gasteiger partial charge in [-0.05, 0) is 30.3 Å². The van der Waals surface area contributed by atoms with E-state index in [1.807, 2.05) is 43.4 Å². The van der Waals surface area contributed by atoms with Crippen molar-refractivity contribution >= 4 is 28.9 Å². The van der Waals surface area contributed by atoms with Crippen LogP contribution in [0.15, 0.2) is 48.7 Å². The molecule has 0 unspecified atom stereocenters. The number of nitrogens with zero attached hydrogens (tertiary/aromatic N) is 4. The number of benzene rings is 2. The van der Waals surface area contributed by atoms with Crippen LogP contribution in [0.2, 0.25) is 5.02 Å². The first-order valence-electron chi connectivity index (χ1n) is 10.8. The third-order valence-corrected chi connectivity index (χ3v) is 6.07. The van der Waals surface area contributed by atoms with Crippen LogP contribution in [0.5, 0.6) is 11.5 Å². The predicted octanol–water partition coefficient (Wildman–Crippen LogP) is 3.52. The third-order valence-electron chi connectivity index (χ3n) is 5.80. The lowest BCUT2D eigenvalue weighted by atomic mass is 10.1. The molecule has 1 amide bonds. The van der Waals surface area contributed by atoms with Crippen LogP contribution in [0.25, 0.3) is 11.3 Å². The average Bonchev–Trinajstić information content (AvgIpc) is 3.17. The fourth-order valence-electron chi connectivity index (χ4n) is 4.13. The lowest BCUT2D eigenvalue weighted by Gasteiger charge is -2.36. The number of piperazine rings is 1. The Kier molecular flexibility index (Phi) is 7.05. The molecule has 1 fully saturated rings. The van der Waals surface area contributed by atoms with Gasteiger partial charge in [0.2, 0.25) is 5.91 Å². The van der Waals surface area contributed by atoms with E-state index in [4.69, 9.17) is 21.1 Å². The number of anilines is 2. The zero-order valence-corrected chi connectivity index (χ0v) is 19.8. The molecule has 1 aromatic heterocycles. The Morgan fingerprint density at radius 1 is 1.06 bits per heavy atom. The van der Waals surface area contributed by atoms with Crippen molar-refractivity contribution in [2.45, 2.75) is 0 Å². The molecule has 3 aromatic rings. The van der Waals surface area contributed by atoms with Gasteiger partial charge in [-0.25, -0.2) is 0 Å². The van der Waals surface area contributed by atoms with Crippen LogP contribution in [0.4, 0.5) is 11.4 Å². The molecule has 0 saturated carbocycles.